The van der Waals surface area contributed by atoms with Gasteiger partial charge in [0.1, 0.15) is 0 Å². The highest BCUT2D eigenvalue weighted by atomic mass is 32.2. The minimum atomic E-state index is -3.45. The third-order valence-electron chi connectivity index (χ3n) is 5.56. The molecule has 1 saturated carbocycles. The van der Waals surface area contributed by atoms with Gasteiger partial charge in [-0.2, -0.15) is 17.0 Å². The van der Waals surface area contributed by atoms with Gasteiger partial charge in [0.15, 0.2) is 0 Å². The first kappa shape index (κ1) is 20.6. The summed E-state index contributed by atoms with van der Waals surface area (Å²) in [6, 6.07) is 0.266. The van der Waals surface area contributed by atoms with Crippen molar-refractivity contribution >= 4 is 16.1 Å². The van der Waals surface area contributed by atoms with E-state index in [0.29, 0.717) is 26.2 Å². The third kappa shape index (κ3) is 5.66. The molecule has 0 aromatic carbocycles. The predicted molar refractivity (Wildman–Crippen MR) is 100 cm³/mol. The highest BCUT2D eigenvalue weighted by molar-refractivity contribution is 7.86. The molecule has 2 fully saturated rings. The largest absolute Gasteiger partial charge is 0.353 e. The summed E-state index contributed by atoms with van der Waals surface area (Å²) < 4.78 is 28.4. The van der Waals surface area contributed by atoms with Crippen LogP contribution in [0.4, 0.5) is 0 Å². The molecule has 1 saturated heterocycles. The molecule has 146 valence electrons. The van der Waals surface area contributed by atoms with Crippen LogP contribution in [0.2, 0.25) is 0 Å². The Hall–Kier alpha value is -0.660. The maximum absolute atomic E-state index is 12.7. The van der Waals surface area contributed by atoms with Crippen LogP contribution < -0.4 is 5.32 Å². The zero-order valence-electron chi connectivity index (χ0n) is 15.9. The SMILES string of the molecule is CCN(CC)S(=O)(=O)N1CCC[C@H](C(=O)NC2CCCCCCC2)C1. The monoisotopic (exact) mass is 373 g/mol. The molecule has 7 heteroatoms. The van der Waals surface area contributed by atoms with Crippen LogP contribution >= 0.6 is 0 Å². The maximum atomic E-state index is 12.7. The molecule has 0 spiro atoms. The lowest BCUT2D eigenvalue weighted by molar-refractivity contribution is -0.127. The first-order chi connectivity index (χ1) is 12.0. The molecule has 1 atom stereocenters. The second-order valence-electron chi connectivity index (χ2n) is 7.34. The van der Waals surface area contributed by atoms with Gasteiger partial charge in [0.05, 0.1) is 5.92 Å². The van der Waals surface area contributed by atoms with Crippen LogP contribution in [-0.2, 0) is 15.0 Å². The molecule has 25 heavy (non-hydrogen) atoms. The molecule has 2 rings (SSSR count). The van der Waals surface area contributed by atoms with Gasteiger partial charge in [-0.15, -0.1) is 0 Å². The number of hydrogen-bond donors (Lipinski definition) is 1. The highest BCUT2D eigenvalue weighted by Gasteiger charge is 2.35. The van der Waals surface area contributed by atoms with E-state index in [2.05, 4.69) is 5.32 Å². The third-order valence-corrected chi connectivity index (χ3v) is 7.72. The Morgan fingerprint density at radius 1 is 1.00 bits per heavy atom. The molecule has 2 aliphatic rings. The van der Waals surface area contributed by atoms with Gasteiger partial charge in [0, 0.05) is 32.2 Å². The maximum Gasteiger partial charge on any atom is 0.281 e. The lowest BCUT2D eigenvalue weighted by Gasteiger charge is -2.35. The fraction of sp³-hybridized carbons (Fsp3) is 0.944. The molecule has 1 amide bonds. The van der Waals surface area contributed by atoms with Crippen molar-refractivity contribution in [1.29, 1.82) is 0 Å². The molecular formula is C18H35N3O3S. The number of rotatable bonds is 6. The van der Waals surface area contributed by atoms with Crippen molar-refractivity contribution in [3.63, 3.8) is 0 Å². The van der Waals surface area contributed by atoms with E-state index in [9.17, 15) is 13.2 Å². The van der Waals surface area contributed by atoms with E-state index in [1.54, 1.807) is 0 Å². The minimum absolute atomic E-state index is 0.0463. The molecule has 1 heterocycles. The summed E-state index contributed by atoms with van der Waals surface area (Å²) in [7, 11) is -3.45. The standard InChI is InChI=1S/C18H35N3O3S/c1-3-20(4-2)25(23,24)21-14-10-11-16(15-21)18(22)19-17-12-8-6-5-7-9-13-17/h16-17H,3-15H2,1-2H3,(H,19,22)/t16-/m0/s1. The molecule has 1 N–H and O–H groups in total. The van der Waals surface area contributed by atoms with Gasteiger partial charge >= 0.3 is 0 Å². The Labute approximate surface area is 153 Å². The second-order valence-corrected chi connectivity index (χ2v) is 9.27. The molecule has 0 aromatic heterocycles. The molecule has 1 aliphatic heterocycles. The van der Waals surface area contributed by atoms with E-state index in [-0.39, 0.29) is 17.9 Å². The Balaban J connectivity index is 1.94. The van der Waals surface area contributed by atoms with Crippen molar-refractivity contribution < 1.29 is 13.2 Å². The number of amides is 1. The van der Waals surface area contributed by atoms with Crippen LogP contribution in [0.25, 0.3) is 0 Å². The van der Waals surface area contributed by atoms with Gasteiger partial charge in [-0.3, -0.25) is 4.79 Å². The summed E-state index contributed by atoms with van der Waals surface area (Å²) in [4.78, 5) is 12.7. The van der Waals surface area contributed by atoms with E-state index >= 15 is 0 Å². The van der Waals surface area contributed by atoms with Crippen LogP contribution in [0.15, 0.2) is 0 Å². The normalized spacial score (nSPS) is 24.7. The highest BCUT2D eigenvalue weighted by Crippen LogP contribution is 2.23. The van der Waals surface area contributed by atoms with Crippen molar-refractivity contribution in [2.75, 3.05) is 26.2 Å². The first-order valence-electron chi connectivity index (χ1n) is 10.0. The van der Waals surface area contributed by atoms with E-state index in [1.807, 2.05) is 13.8 Å². The summed E-state index contributed by atoms with van der Waals surface area (Å²) >= 11 is 0. The molecule has 6 nitrogen and oxygen atoms in total. The van der Waals surface area contributed by atoms with Crippen LogP contribution in [0.5, 0.6) is 0 Å². The second kappa shape index (κ2) is 9.88. The van der Waals surface area contributed by atoms with Crippen LogP contribution in [-0.4, -0.2) is 55.2 Å². The van der Waals surface area contributed by atoms with Gasteiger partial charge in [-0.1, -0.05) is 46.0 Å². The average Bonchev–Trinajstić information content (AvgIpc) is 2.58. The summed E-state index contributed by atoms with van der Waals surface area (Å²) in [6.45, 7) is 5.47. The van der Waals surface area contributed by atoms with E-state index in [0.717, 1.165) is 25.7 Å². The van der Waals surface area contributed by atoms with Crippen molar-refractivity contribution in [3.05, 3.63) is 0 Å². The van der Waals surface area contributed by atoms with Crippen LogP contribution in [0.3, 0.4) is 0 Å². The first-order valence-corrected chi connectivity index (χ1v) is 11.4. The number of hydrogen-bond acceptors (Lipinski definition) is 3. The zero-order chi connectivity index (χ0) is 18.3. The molecule has 0 bridgehead atoms. The van der Waals surface area contributed by atoms with Crippen molar-refractivity contribution in [1.82, 2.24) is 13.9 Å². The lowest BCUT2D eigenvalue weighted by Crippen LogP contribution is -2.51. The topological polar surface area (TPSA) is 69.7 Å². The summed E-state index contributed by atoms with van der Waals surface area (Å²) in [5, 5.41) is 3.21. The lowest BCUT2D eigenvalue weighted by atomic mass is 9.94. The van der Waals surface area contributed by atoms with Gasteiger partial charge in [-0.25, -0.2) is 0 Å². The fourth-order valence-electron chi connectivity index (χ4n) is 4.00. The van der Waals surface area contributed by atoms with Gasteiger partial charge in [0.2, 0.25) is 5.91 Å². The Bertz CT molecular complexity index is 512. The van der Waals surface area contributed by atoms with Gasteiger partial charge < -0.3 is 5.32 Å². The van der Waals surface area contributed by atoms with Crippen molar-refractivity contribution in [2.45, 2.75) is 77.7 Å². The Morgan fingerprint density at radius 2 is 1.60 bits per heavy atom. The summed E-state index contributed by atoms with van der Waals surface area (Å²) in [5.41, 5.74) is 0. The molecular weight excluding hydrogens is 338 g/mol. The van der Waals surface area contributed by atoms with Gasteiger partial charge in [-0.05, 0) is 25.7 Å². The number of piperidine rings is 1. The fourth-order valence-corrected chi connectivity index (χ4v) is 5.71. The molecule has 0 aromatic rings. The number of nitrogens with zero attached hydrogens (tertiary/aromatic N) is 2. The van der Waals surface area contributed by atoms with E-state index < -0.39 is 10.2 Å². The Morgan fingerprint density at radius 3 is 2.20 bits per heavy atom. The predicted octanol–water partition coefficient (Wildman–Crippen LogP) is 2.51. The van der Waals surface area contributed by atoms with Crippen molar-refractivity contribution in [3.8, 4) is 0 Å². The van der Waals surface area contributed by atoms with Crippen LogP contribution in [0, 0.1) is 5.92 Å². The van der Waals surface area contributed by atoms with E-state index in [4.69, 9.17) is 0 Å². The van der Waals surface area contributed by atoms with Gasteiger partial charge in [0.25, 0.3) is 10.2 Å². The Kier molecular flexibility index (Phi) is 8.16. The van der Waals surface area contributed by atoms with Crippen molar-refractivity contribution in [2.24, 2.45) is 5.92 Å². The summed E-state index contributed by atoms with van der Waals surface area (Å²) in [6.07, 6.45) is 9.82. The minimum Gasteiger partial charge on any atom is -0.353 e. The number of carbonyl (C=O) groups excluding carboxylic acids is 1. The smallest absolute Gasteiger partial charge is 0.281 e. The number of carbonyl (C=O) groups is 1. The molecule has 0 radical (unpaired) electrons. The average molecular weight is 374 g/mol. The molecule has 0 unspecified atom stereocenters. The van der Waals surface area contributed by atoms with Crippen LogP contribution in [0.1, 0.15) is 71.6 Å². The quantitative estimate of drug-likeness (QED) is 0.778. The molecule has 1 aliphatic carbocycles. The summed E-state index contributed by atoms with van der Waals surface area (Å²) in [5.74, 6) is -0.172. The van der Waals surface area contributed by atoms with E-state index in [1.165, 1.54) is 40.7 Å². The number of nitrogens with one attached hydrogen (secondary N) is 1. The zero-order valence-corrected chi connectivity index (χ0v) is 16.7.